The van der Waals surface area contributed by atoms with E-state index < -0.39 is 5.54 Å². The molecule has 0 spiro atoms. The Bertz CT molecular complexity index is 427. The maximum absolute atomic E-state index is 12.4. The Labute approximate surface area is 119 Å². The first kappa shape index (κ1) is 16.1. The zero-order valence-corrected chi connectivity index (χ0v) is 13.7. The van der Waals surface area contributed by atoms with Crippen LogP contribution in [-0.2, 0) is 16.1 Å². The topological polar surface area (TPSA) is 26.3 Å². The number of hydrogen-bond donors (Lipinski definition) is 1. The molecule has 0 radical (unpaired) electrons. The Kier molecular flexibility index (Phi) is 5.04. The van der Waals surface area contributed by atoms with Crippen molar-refractivity contribution in [3.8, 4) is 0 Å². The molecular formula is C15H26NO2S+. The number of carbonyl (C=O) groups is 1. The van der Waals surface area contributed by atoms with Gasteiger partial charge >= 0.3 is 5.97 Å². The molecule has 0 aliphatic carbocycles. The molecule has 0 unspecified atom stereocenters. The summed E-state index contributed by atoms with van der Waals surface area (Å²) >= 11 is -0.293. The first-order valence-corrected chi connectivity index (χ1v) is 8.61. The number of likely N-dealkylation sites (N-methyl/N-ethyl adjacent to an activating group) is 1. The number of quaternary nitrogens is 1. The van der Waals surface area contributed by atoms with Crippen LogP contribution in [0.2, 0.25) is 0 Å². The van der Waals surface area contributed by atoms with E-state index in [4.69, 9.17) is 4.74 Å². The van der Waals surface area contributed by atoms with Crippen LogP contribution in [0.5, 0.6) is 0 Å². The van der Waals surface area contributed by atoms with Crippen LogP contribution in [0.25, 0.3) is 0 Å². The van der Waals surface area contributed by atoms with Gasteiger partial charge in [0.05, 0.1) is 14.1 Å². The molecular weight excluding hydrogens is 258 g/mol. The van der Waals surface area contributed by atoms with Crippen molar-refractivity contribution in [2.75, 3.05) is 26.6 Å². The molecule has 1 rings (SSSR count). The van der Waals surface area contributed by atoms with Crippen molar-refractivity contribution in [2.24, 2.45) is 0 Å². The fourth-order valence-electron chi connectivity index (χ4n) is 1.62. The zero-order valence-electron chi connectivity index (χ0n) is 12.8. The molecule has 0 bridgehead atoms. The first-order chi connectivity index (χ1) is 8.69. The average molecular weight is 284 g/mol. The molecule has 108 valence electrons. The summed E-state index contributed by atoms with van der Waals surface area (Å²) in [5.74, 6) is -0.141. The average Bonchev–Trinajstić information content (AvgIpc) is 2.36. The van der Waals surface area contributed by atoms with Crippen molar-refractivity contribution in [2.45, 2.75) is 26.0 Å². The molecule has 0 aliphatic heterocycles. The molecule has 0 aromatic heterocycles. The third kappa shape index (κ3) is 3.51. The molecule has 19 heavy (non-hydrogen) atoms. The van der Waals surface area contributed by atoms with Gasteiger partial charge in [-0.05, 0) is 5.56 Å². The fraction of sp³-hybridized carbons (Fsp3) is 0.533. The summed E-state index contributed by atoms with van der Waals surface area (Å²) in [4.78, 5) is 12.4. The number of esters is 1. The fourth-order valence-corrected chi connectivity index (χ4v) is 2.70. The predicted octanol–water partition coefficient (Wildman–Crippen LogP) is 2.76. The Morgan fingerprint density at radius 2 is 1.74 bits per heavy atom. The van der Waals surface area contributed by atoms with Gasteiger partial charge in [-0.1, -0.05) is 30.3 Å². The van der Waals surface area contributed by atoms with E-state index >= 15 is 0 Å². The lowest BCUT2D eigenvalue weighted by Crippen LogP contribution is -2.58. The van der Waals surface area contributed by atoms with Gasteiger partial charge in [0.1, 0.15) is 6.61 Å². The van der Waals surface area contributed by atoms with Crippen molar-refractivity contribution in [3.05, 3.63) is 35.9 Å². The zero-order chi connectivity index (χ0) is 14.7. The second kappa shape index (κ2) is 5.97. The first-order valence-electron chi connectivity index (χ1n) is 6.42. The summed E-state index contributed by atoms with van der Waals surface area (Å²) < 4.78 is 6.15. The second-order valence-electron chi connectivity index (χ2n) is 5.86. The summed E-state index contributed by atoms with van der Waals surface area (Å²) in [5.41, 5.74) is 0.483. The molecule has 0 N–H and O–H groups in total. The summed E-state index contributed by atoms with van der Waals surface area (Å²) in [6, 6.07) is 9.79. The molecule has 0 aliphatic rings. The third-order valence-corrected chi connectivity index (χ3v) is 6.58. The van der Waals surface area contributed by atoms with E-state index in [1.54, 1.807) is 0 Å². The van der Waals surface area contributed by atoms with Crippen LogP contribution in [0, 0.1) is 0 Å². The molecule has 0 atom stereocenters. The molecule has 0 heterocycles. The minimum Gasteiger partial charge on any atom is -0.456 e. The SMILES string of the molecule is C[SH](C)[N+](C)(C)C(C)(C)C(=O)OCc1ccccc1. The highest BCUT2D eigenvalue weighted by atomic mass is 32.2. The van der Waals surface area contributed by atoms with Gasteiger partial charge < -0.3 is 4.74 Å². The van der Waals surface area contributed by atoms with E-state index in [1.807, 2.05) is 44.2 Å². The number of hydrogen-bond acceptors (Lipinski definition) is 2. The van der Waals surface area contributed by atoms with Crippen LogP contribution in [0.3, 0.4) is 0 Å². The van der Waals surface area contributed by atoms with E-state index in [0.717, 1.165) is 5.56 Å². The van der Waals surface area contributed by atoms with Gasteiger partial charge in [0.15, 0.2) is 5.54 Å². The molecule has 0 saturated carbocycles. The number of nitrogens with zero attached hydrogens (tertiary/aromatic N) is 1. The Morgan fingerprint density at radius 3 is 2.21 bits per heavy atom. The summed E-state index contributed by atoms with van der Waals surface area (Å²) in [5, 5.41) is 0. The highest BCUT2D eigenvalue weighted by Gasteiger charge is 2.46. The lowest BCUT2D eigenvalue weighted by molar-refractivity contribution is -0.799. The molecule has 3 nitrogen and oxygen atoms in total. The smallest absolute Gasteiger partial charge is 0.368 e. The van der Waals surface area contributed by atoms with E-state index in [0.29, 0.717) is 10.5 Å². The van der Waals surface area contributed by atoms with Crippen LogP contribution in [-0.4, -0.2) is 42.0 Å². The molecule has 0 amide bonds. The quantitative estimate of drug-likeness (QED) is 0.511. The highest BCUT2D eigenvalue weighted by Crippen LogP contribution is 2.38. The van der Waals surface area contributed by atoms with Crippen molar-refractivity contribution in [1.29, 1.82) is 0 Å². The van der Waals surface area contributed by atoms with Gasteiger partial charge in [0, 0.05) is 26.4 Å². The van der Waals surface area contributed by atoms with Crippen molar-refractivity contribution in [3.63, 3.8) is 0 Å². The summed E-state index contributed by atoms with van der Waals surface area (Å²) in [7, 11) is 4.19. The van der Waals surface area contributed by atoms with Gasteiger partial charge in [0.25, 0.3) is 0 Å². The van der Waals surface area contributed by atoms with Crippen molar-refractivity contribution < 1.29 is 13.4 Å². The van der Waals surface area contributed by atoms with Crippen LogP contribution in [0.15, 0.2) is 30.3 Å². The standard InChI is InChI=1S/C15H26NO2S/c1-15(2,16(3,4)19(5)6)14(17)18-12-13-10-8-7-9-11-13/h7-11,19H,12H2,1-6H3/q+1. The maximum atomic E-state index is 12.4. The van der Waals surface area contributed by atoms with Crippen molar-refractivity contribution >= 4 is 17.1 Å². The molecule has 4 heteroatoms. The summed E-state index contributed by atoms with van der Waals surface area (Å²) in [6.45, 7) is 4.26. The number of ether oxygens (including phenoxy) is 1. The number of carbonyl (C=O) groups excluding carboxylic acids is 1. The summed E-state index contributed by atoms with van der Waals surface area (Å²) in [6.07, 6.45) is 4.36. The Balaban J connectivity index is 2.72. The van der Waals surface area contributed by atoms with Gasteiger partial charge in [-0.15, -0.1) is 11.1 Å². The van der Waals surface area contributed by atoms with Crippen LogP contribution in [0.4, 0.5) is 0 Å². The molecule has 0 fully saturated rings. The lowest BCUT2D eigenvalue weighted by atomic mass is 10.1. The third-order valence-electron chi connectivity index (χ3n) is 4.08. The van der Waals surface area contributed by atoms with E-state index in [9.17, 15) is 4.79 Å². The van der Waals surface area contributed by atoms with Crippen LogP contribution in [0.1, 0.15) is 19.4 Å². The van der Waals surface area contributed by atoms with E-state index in [-0.39, 0.29) is 17.1 Å². The predicted molar refractivity (Wildman–Crippen MR) is 83.3 cm³/mol. The molecule has 0 saturated heterocycles. The Hall–Kier alpha value is -1.00. The van der Waals surface area contributed by atoms with E-state index in [1.165, 1.54) is 0 Å². The van der Waals surface area contributed by atoms with Gasteiger partial charge in [0.2, 0.25) is 0 Å². The minimum atomic E-state index is -0.538. The minimum absolute atomic E-state index is 0.141. The number of benzene rings is 1. The maximum Gasteiger partial charge on any atom is 0.368 e. The largest absolute Gasteiger partial charge is 0.456 e. The van der Waals surface area contributed by atoms with Gasteiger partial charge in [-0.2, -0.15) is 0 Å². The lowest BCUT2D eigenvalue weighted by Gasteiger charge is -2.46. The molecule has 1 aromatic carbocycles. The van der Waals surface area contributed by atoms with Gasteiger partial charge in [-0.3, -0.25) is 3.89 Å². The van der Waals surface area contributed by atoms with Crippen LogP contribution >= 0.6 is 11.1 Å². The highest BCUT2D eigenvalue weighted by molar-refractivity contribution is 8.10. The number of thiol groups is 1. The second-order valence-corrected chi connectivity index (χ2v) is 8.56. The molecule has 1 aromatic rings. The Morgan fingerprint density at radius 1 is 1.21 bits per heavy atom. The monoisotopic (exact) mass is 284 g/mol. The van der Waals surface area contributed by atoms with E-state index in [2.05, 4.69) is 26.6 Å². The van der Waals surface area contributed by atoms with Crippen molar-refractivity contribution in [1.82, 2.24) is 0 Å². The number of rotatable bonds is 5. The van der Waals surface area contributed by atoms with Gasteiger partial charge in [-0.25, -0.2) is 4.79 Å². The normalized spacial score (nSPS) is 13.1. The van der Waals surface area contributed by atoms with Crippen LogP contribution < -0.4 is 0 Å².